The van der Waals surface area contributed by atoms with Crippen molar-refractivity contribution >= 4 is 5.78 Å². The van der Waals surface area contributed by atoms with E-state index in [9.17, 15) is 31.1 Å². The van der Waals surface area contributed by atoms with Crippen molar-refractivity contribution in [1.82, 2.24) is 0 Å². The molecular weight excluding hydrogens is 390 g/mol. The van der Waals surface area contributed by atoms with Crippen LogP contribution in [0.5, 0.6) is 11.5 Å². The van der Waals surface area contributed by atoms with Crippen LogP contribution in [0, 0.1) is 11.6 Å². The zero-order valence-corrected chi connectivity index (χ0v) is 14.8. The molecule has 2 rings (SSSR count). The molecular formula is C19H16F6O3. The van der Waals surface area contributed by atoms with Gasteiger partial charge in [-0.3, -0.25) is 4.79 Å². The number of alkyl halides is 4. The normalized spacial score (nSPS) is 13.5. The summed E-state index contributed by atoms with van der Waals surface area (Å²) in [7, 11) is 0. The summed E-state index contributed by atoms with van der Waals surface area (Å²) in [6.07, 6.45) is 0. The number of Topliss-reactive ketones (excluding diaryl/α,β-unsaturated/α-hetero) is 1. The SMILES string of the molecule is CC(C(=O)C(C)c1ccc(OC(F)F)c(F)c1)c1ccc(OC(F)F)c(F)c1. The Balaban J connectivity index is 2.18. The summed E-state index contributed by atoms with van der Waals surface area (Å²) in [4.78, 5) is 12.6. The third-order valence-electron chi connectivity index (χ3n) is 4.20. The molecule has 0 bridgehead atoms. The smallest absolute Gasteiger partial charge is 0.387 e. The maximum atomic E-state index is 13.9. The number of benzene rings is 2. The fourth-order valence-corrected chi connectivity index (χ4v) is 2.66. The summed E-state index contributed by atoms with van der Waals surface area (Å²) < 4.78 is 84.5. The molecule has 0 amide bonds. The lowest BCUT2D eigenvalue weighted by atomic mass is 9.85. The number of hydrogen-bond acceptors (Lipinski definition) is 3. The molecule has 2 unspecified atom stereocenters. The highest BCUT2D eigenvalue weighted by Crippen LogP contribution is 2.31. The van der Waals surface area contributed by atoms with Crippen LogP contribution in [0.2, 0.25) is 0 Å². The van der Waals surface area contributed by atoms with Gasteiger partial charge in [0.05, 0.1) is 0 Å². The number of carbonyl (C=O) groups is 1. The fraction of sp³-hybridized carbons (Fsp3) is 0.316. The molecule has 0 radical (unpaired) electrons. The van der Waals surface area contributed by atoms with Crippen LogP contribution in [0.15, 0.2) is 36.4 Å². The van der Waals surface area contributed by atoms with E-state index in [0.717, 1.165) is 24.3 Å². The maximum Gasteiger partial charge on any atom is 0.387 e. The van der Waals surface area contributed by atoms with Crippen LogP contribution in [0.3, 0.4) is 0 Å². The average molecular weight is 406 g/mol. The predicted molar refractivity (Wildman–Crippen MR) is 87.9 cm³/mol. The zero-order valence-electron chi connectivity index (χ0n) is 14.8. The van der Waals surface area contributed by atoms with Crippen LogP contribution in [0.1, 0.15) is 36.8 Å². The van der Waals surface area contributed by atoms with Gasteiger partial charge in [0.1, 0.15) is 5.78 Å². The van der Waals surface area contributed by atoms with Gasteiger partial charge in [0, 0.05) is 11.8 Å². The first-order chi connectivity index (χ1) is 13.1. The van der Waals surface area contributed by atoms with Crippen molar-refractivity contribution in [1.29, 1.82) is 0 Å². The van der Waals surface area contributed by atoms with Crippen molar-refractivity contribution in [3.63, 3.8) is 0 Å². The molecule has 2 aromatic rings. The van der Waals surface area contributed by atoms with E-state index in [4.69, 9.17) is 0 Å². The van der Waals surface area contributed by atoms with Crippen molar-refractivity contribution in [3.05, 3.63) is 59.2 Å². The maximum absolute atomic E-state index is 13.9. The predicted octanol–water partition coefficient (Wildman–Crippen LogP) is 5.64. The van der Waals surface area contributed by atoms with Crippen molar-refractivity contribution in [3.8, 4) is 11.5 Å². The minimum atomic E-state index is -3.19. The Bertz CT molecular complexity index is 773. The second kappa shape index (κ2) is 8.99. The first-order valence-corrected chi connectivity index (χ1v) is 8.12. The van der Waals surface area contributed by atoms with Gasteiger partial charge >= 0.3 is 13.2 Å². The van der Waals surface area contributed by atoms with Gasteiger partial charge in [-0.2, -0.15) is 17.6 Å². The molecule has 0 aliphatic rings. The van der Waals surface area contributed by atoms with Crippen LogP contribution in [0.25, 0.3) is 0 Å². The Labute approximate surface area is 156 Å². The third-order valence-corrected chi connectivity index (χ3v) is 4.20. The molecule has 28 heavy (non-hydrogen) atoms. The molecule has 2 aromatic carbocycles. The summed E-state index contributed by atoms with van der Waals surface area (Å²) in [5.74, 6) is -5.50. The van der Waals surface area contributed by atoms with E-state index < -0.39 is 54.0 Å². The molecule has 0 aliphatic carbocycles. The molecule has 152 valence electrons. The molecule has 0 saturated carbocycles. The number of halogens is 6. The largest absolute Gasteiger partial charge is 0.432 e. The lowest BCUT2D eigenvalue weighted by molar-refractivity contribution is -0.121. The summed E-state index contributed by atoms with van der Waals surface area (Å²) in [6, 6.07) is 6.34. The van der Waals surface area contributed by atoms with Crippen molar-refractivity contribution in [2.24, 2.45) is 0 Å². The van der Waals surface area contributed by atoms with Crippen molar-refractivity contribution in [2.75, 3.05) is 0 Å². The molecule has 9 heteroatoms. The van der Waals surface area contributed by atoms with Gasteiger partial charge in [-0.25, -0.2) is 8.78 Å². The molecule has 0 N–H and O–H groups in total. The van der Waals surface area contributed by atoms with Crippen LogP contribution in [-0.2, 0) is 4.79 Å². The van der Waals surface area contributed by atoms with Crippen LogP contribution in [0.4, 0.5) is 26.3 Å². The molecule has 0 spiro atoms. The Hall–Kier alpha value is -2.71. The first kappa shape index (κ1) is 21.6. The second-order valence-corrected chi connectivity index (χ2v) is 5.98. The topological polar surface area (TPSA) is 35.5 Å². The molecule has 0 aromatic heterocycles. The van der Waals surface area contributed by atoms with Gasteiger partial charge in [-0.15, -0.1) is 0 Å². The summed E-state index contributed by atoms with van der Waals surface area (Å²) in [5.41, 5.74) is 0.434. The third kappa shape index (κ3) is 5.17. The highest BCUT2D eigenvalue weighted by Gasteiger charge is 2.25. The van der Waals surface area contributed by atoms with Crippen LogP contribution in [-0.4, -0.2) is 19.0 Å². The number of hydrogen-bond donors (Lipinski definition) is 0. The standard InChI is InChI=1S/C19H16F6O3/c1-9(11-3-5-15(13(20)7-11)27-18(22)23)17(26)10(2)12-4-6-16(14(21)8-12)28-19(24)25/h3-10,18-19H,1-2H3. The summed E-state index contributed by atoms with van der Waals surface area (Å²) >= 11 is 0. The Morgan fingerprint density at radius 1 is 0.750 bits per heavy atom. The average Bonchev–Trinajstić information content (AvgIpc) is 2.62. The summed E-state index contributed by atoms with van der Waals surface area (Å²) in [5, 5.41) is 0. The van der Waals surface area contributed by atoms with E-state index in [1.54, 1.807) is 0 Å². The van der Waals surface area contributed by atoms with Crippen molar-refractivity contribution in [2.45, 2.75) is 38.9 Å². The number of rotatable bonds is 8. The minimum Gasteiger partial charge on any atom is -0.432 e. The van der Waals surface area contributed by atoms with E-state index in [1.165, 1.54) is 26.0 Å². The minimum absolute atomic E-state index is 0.217. The Kier molecular flexibility index (Phi) is 6.93. The van der Waals surface area contributed by atoms with Crippen LogP contribution >= 0.6 is 0 Å². The van der Waals surface area contributed by atoms with Crippen LogP contribution < -0.4 is 9.47 Å². The molecule has 0 heterocycles. The van der Waals surface area contributed by atoms with Gasteiger partial charge in [0.2, 0.25) is 0 Å². The lowest BCUT2D eigenvalue weighted by Gasteiger charge is -2.18. The highest BCUT2D eigenvalue weighted by atomic mass is 19.3. The molecule has 3 nitrogen and oxygen atoms in total. The monoisotopic (exact) mass is 406 g/mol. The molecule has 0 aliphatic heterocycles. The quantitative estimate of drug-likeness (QED) is 0.532. The molecule has 0 saturated heterocycles. The van der Waals surface area contributed by atoms with Crippen molar-refractivity contribution < 1.29 is 40.6 Å². The van der Waals surface area contributed by atoms with Gasteiger partial charge in [0.25, 0.3) is 0 Å². The summed E-state index contributed by atoms with van der Waals surface area (Å²) in [6.45, 7) is -3.42. The van der Waals surface area contributed by atoms with E-state index >= 15 is 0 Å². The number of ketones is 1. The Morgan fingerprint density at radius 2 is 1.11 bits per heavy atom. The molecule has 0 fully saturated rings. The van der Waals surface area contributed by atoms with E-state index in [2.05, 4.69) is 9.47 Å². The second-order valence-electron chi connectivity index (χ2n) is 5.98. The highest BCUT2D eigenvalue weighted by molar-refractivity contribution is 5.91. The Morgan fingerprint density at radius 3 is 1.39 bits per heavy atom. The fourth-order valence-electron chi connectivity index (χ4n) is 2.66. The van der Waals surface area contributed by atoms with Gasteiger partial charge in [-0.05, 0) is 35.4 Å². The van der Waals surface area contributed by atoms with Gasteiger partial charge in [-0.1, -0.05) is 26.0 Å². The zero-order chi connectivity index (χ0) is 21.0. The molecule has 2 atom stereocenters. The van der Waals surface area contributed by atoms with E-state index in [-0.39, 0.29) is 11.1 Å². The number of carbonyl (C=O) groups excluding carboxylic acids is 1. The van der Waals surface area contributed by atoms with E-state index in [0.29, 0.717) is 0 Å². The van der Waals surface area contributed by atoms with E-state index in [1.807, 2.05) is 0 Å². The number of ether oxygens (including phenoxy) is 2. The lowest BCUT2D eigenvalue weighted by Crippen LogP contribution is -2.17. The van der Waals surface area contributed by atoms with Gasteiger partial charge < -0.3 is 9.47 Å². The van der Waals surface area contributed by atoms with Gasteiger partial charge in [0.15, 0.2) is 23.1 Å². The first-order valence-electron chi connectivity index (χ1n) is 8.12.